The molecule has 2 amide bonds. The van der Waals surface area contributed by atoms with Crippen LogP contribution in [0.4, 0.5) is 0 Å². The van der Waals surface area contributed by atoms with E-state index >= 15 is 0 Å². The second-order valence-corrected chi connectivity index (χ2v) is 3.03. The topological polar surface area (TPSA) is 104 Å². The third-order valence-electron chi connectivity index (χ3n) is 1.58. The minimum atomic E-state index is -0.639. The number of hydrogen-bond donors (Lipinski definition) is 4. The maximum Gasteiger partial charge on any atom is 0.242 e. The average Bonchev–Trinajstić information content (AvgIpc) is 2.13. The molecule has 14 heavy (non-hydrogen) atoms. The predicted molar refractivity (Wildman–Crippen MR) is 51.3 cm³/mol. The molecule has 0 rings (SSSR count). The zero-order valence-electron chi connectivity index (χ0n) is 8.41. The van der Waals surface area contributed by atoms with Gasteiger partial charge >= 0.3 is 0 Å². The Morgan fingerprint density at radius 3 is 2.36 bits per heavy atom. The fraction of sp³-hybridized carbons (Fsp3) is 0.750. The van der Waals surface area contributed by atoms with Gasteiger partial charge in [0.15, 0.2) is 0 Å². The van der Waals surface area contributed by atoms with E-state index in [2.05, 4.69) is 10.6 Å². The van der Waals surface area contributed by atoms with Gasteiger partial charge in [-0.3, -0.25) is 9.59 Å². The Bertz CT molecular complexity index is 206. The maximum atomic E-state index is 11.2. The standard InChI is InChI=1S/C8H17N3O3/c1-5(9)7(13)11-6(2)8(14)10-3-4-12/h5-6,12H,3-4,9H2,1-2H3,(H,10,14)(H,11,13)/t5-,6-/m0/s1. The average molecular weight is 203 g/mol. The van der Waals surface area contributed by atoms with Crippen LogP contribution in [0.3, 0.4) is 0 Å². The van der Waals surface area contributed by atoms with Crippen LogP contribution in [0.25, 0.3) is 0 Å². The summed E-state index contributed by atoms with van der Waals surface area (Å²) < 4.78 is 0. The van der Waals surface area contributed by atoms with Crippen molar-refractivity contribution in [3.63, 3.8) is 0 Å². The number of carbonyl (C=O) groups excluding carboxylic acids is 2. The van der Waals surface area contributed by atoms with Crippen LogP contribution in [0, 0.1) is 0 Å². The molecule has 0 saturated heterocycles. The van der Waals surface area contributed by atoms with Gasteiger partial charge in [-0.1, -0.05) is 0 Å². The van der Waals surface area contributed by atoms with Gasteiger partial charge in [0.25, 0.3) is 0 Å². The Balaban J connectivity index is 3.89. The number of carbonyl (C=O) groups is 2. The van der Waals surface area contributed by atoms with Crippen LogP contribution < -0.4 is 16.4 Å². The van der Waals surface area contributed by atoms with Crippen molar-refractivity contribution in [3.05, 3.63) is 0 Å². The first kappa shape index (κ1) is 12.9. The van der Waals surface area contributed by atoms with Crippen molar-refractivity contribution >= 4 is 11.8 Å². The summed E-state index contributed by atoms with van der Waals surface area (Å²) in [4.78, 5) is 22.2. The second-order valence-electron chi connectivity index (χ2n) is 3.03. The first-order valence-corrected chi connectivity index (χ1v) is 4.43. The van der Waals surface area contributed by atoms with Crippen molar-refractivity contribution in [2.45, 2.75) is 25.9 Å². The molecule has 0 aliphatic heterocycles. The third-order valence-corrected chi connectivity index (χ3v) is 1.58. The number of hydrogen-bond acceptors (Lipinski definition) is 4. The summed E-state index contributed by atoms with van der Waals surface area (Å²) in [5.74, 6) is -0.718. The van der Waals surface area contributed by atoms with Gasteiger partial charge in [0.1, 0.15) is 6.04 Å². The maximum absolute atomic E-state index is 11.2. The fourth-order valence-corrected chi connectivity index (χ4v) is 0.743. The van der Waals surface area contributed by atoms with Crippen LogP contribution in [0.5, 0.6) is 0 Å². The minimum Gasteiger partial charge on any atom is -0.395 e. The first-order valence-electron chi connectivity index (χ1n) is 4.43. The summed E-state index contributed by atoms with van der Waals surface area (Å²) in [5.41, 5.74) is 5.30. The van der Waals surface area contributed by atoms with E-state index in [1.807, 2.05) is 0 Å². The molecule has 0 aliphatic rings. The Kier molecular flexibility index (Phi) is 5.82. The molecule has 2 atom stereocenters. The van der Waals surface area contributed by atoms with Crippen LogP contribution in [0.1, 0.15) is 13.8 Å². The normalized spacial score (nSPS) is 14.3. The molecule has 0 heterocycles. The molecule has 0 fully saturated rings. The lowest BCUT2D eigenvalue weighted by Crippen LogP contribution is -2.49. The van der Waals surface area contributed by atoms with E-state index < -0.39 is 12.1 Å². The van der Waals surface area contributed by atoms with Gasteiger partial charge in [0, 0.05) is 6.54 Å². The van der Waals surface area contributed by atoms with Crippen molar-refractivity contribution in [1.29, 1.82) is 0 Å². The van der Waals surface area contributed by atoms with Crippen molar-refractivity contribution in [3.8, 4) is 0 Å². The van der Waals surface area contributed by atoms with E-state index in [4.69, 9.17) is 10.8 Å². The van der Waals surface area contributed by atoms with E-state index in [1.54, 1.807) is 6.92 Å². The van der Waals surface area contributed by atoms with Crippen molar-refractivity contribution in [1.82, 2.24) is 10.6 Å². The predicted octanol–water partition coefficient (Wildman–Crippen LogP) is -2.05. The summed E-state index contributed by atoms with van der Waals surface area (Å²) >= 11 is 0. The zero-order chi connectivity index (χ0) is 11.1. The Morgan fingerprint density at radius 1 is 1.36 bits per heavy atom. The number of nitrogens with two attached hydrogens (primary N) is 1. The lowest BCUT2D eigenvalue weighted by molar-refractivity contribution is -0.129. The first-order chi connectivity index (χ1) is 6.49. The Labute approximate surface area is 82.9 Å². The molecule has 5 N–H and O–H groups in total. The molecule has 0 spiro atoms. The molecule has 0 aliphatic carbocycles. The molecular formula is C8H17N3O3. The number of amides is 2. The molecule has 0 aromatic heterocycles. The molecule has 0 aromatic rings. The Hall–Kier alpha value is -1.14. The largest absolute Gasteiger partial charge is 0.395 e. The highest BCUT2D eigenvalue weighted by Gasteiger charge is 2.16. The minimum absolute atomic E-state index is 0.125. The van der Waals surface area contributed by atoms with E-state index in [1.165, 1.54) is 6.92 Å². The number of aliphatic hydroxyl groups excluding tert-OH is 1. The van der Waals surface area contributed by atoms with Crippen LogP contribution in [0.15, 0.2) is 0 Å². The highest BCUT2D eigenvalue weighted by atomic mass is 16.3. The zero-order valence-corrected chi connectivity index (χ0v) is 8.41. The lowest BCUT2D eigenvalue weighted by atomic mass is 10.2. The number of nitrogens with one attached hydrogen (secondary N) is 2. The van der Waals surface area contributed by atoms with Gasteiger partial charge in [0.2, 0.25) is 11.8 Å². The second kappa shape index (κ2) is 6.33. The number of aliphatic hydroxyl groups is 1. The van der Waals surface area contributed by atoms with E-state index in [0.29, 0.717) is 0 Å². The smallest absolute Gasteiger partial charge is 0.242 e. The fourth-order valence-electron chi connectivity index (χ4n) is 0.743. The Morgan fingerprint density at radius 2 is 1.93 bits per heavy atom. The molecule has 0 saturated carbocycles. The van der Waals surface area contributed by atoms with Crippen molar-refractivity contribution in [2.75, 3.05) is 13.2 Å². The molecule has 0 radical (unpaired) electrons. The van der Waals surface area contributed by atoms with Crippen molar-refractivity contribution < 1.29 is 14.7 Å². The summed E-state index contributed by atoms with van der Waals surface area (Å²) in [6.07, 6.45) is 0. The van der Waals surface area contributed by atoms with Crippen LogP contribution in [-0.4, -0.2) is 42.2 Å². The molecule has 0 aromatic carbocycles. The highest BCUT2D eigenvalue weighted by Crippen LogP contribution is 1.84. The van der Waals surface area contributed by atoms with Gasteiger partial charge in [-0.25, -0.2) is 0 Å². The lowest BCUT2D eigenvalue weighted by Gasteiger charge is -2.14. The summed E-state index contributed by atoms with van der Waals surface area (Å²) in [6, 6.07) is -1.27. The molecule has 6 nitrogen and oxygen atoms in total. The third kappa shape index (κ3) is 4.78. The quantitative estimate of drug-likeness (QED) is 0.412. The molecule has 0 unspecified atom stereocenters. The molecule has 0 bridgehead atoms. The molecule has 82 valence electrons. The molecular weight excluding hydrogens is 186 g/mol. The van der Waals surface area contributed by atoms with Gasteiger partial charge < -0.3 is 21.5 Å². The van der Waals surface area contributed by atoms with E-state index in [9.17, 15) is 9.59 Å². The van der Waals surface area contributed by atoms with Crippen molar-refractivity contribution in [2.24, 2.45) is 5.73 Å². The van der Waals surface area contributed by atoms with Gasteiger partial charge in [-0.05, 0) is 13.8 Å². The van der Waals surface area contributed by atoms with Crippen LogP contribution in [-0.2, 0) is 9.59 Å². The van der Waals surface area contributed by atoms with Gasteiger partial charge in [-0.2, -0.15) is 0 Å². The summed E-state index contributed by atoms with van der Waals surface area (Å²) in [6.45, 7) is 3.14. The van der Waals surface area contributed by atoms with Crippen LogP contribution in [0.2, 0.25) is 0 Å². The van der Waals surface area contributed by atoms with E-state index in [-0.39, 0.29) is 25.0 Å². The number of rotatable bonds is 5. The van der Waals surface area contributed by atoms with Crippen LogP contribution >= 0.6 is 0 Å². The van der Waals surface area contributed by atoms with Gasteiger partial charge in [0.05, 0.1) is 12.6 Å². The summed E-state index contributed by atoms with van der Waals surface area (Å²) in [7, 11) is 0. The molecule has 6 heteroatoms. The summed E-state index contributed by atoms with van der Waals surface area (Å²) in [5, 5.41) is 13.3. The monoisotopic (exact) mass is 203 g/mol. The van der Waals surface area contributed by atoms with Gasteiger partial charge in [-0.15, -0.1) is 0 Å². The SMILES string of the molecule is C[C@H](N)C(=O)N[C@@H](C)C(=O)NCCO. The van der Waals surface area contributed by atoms with E-state index in [0.717, 1.165) is 0 Å². The highest BCUT2D eigenvalue weighted by molar-refractivity contribution is 5.89.